The molecule has 1 saturated heterocycles. The summed E-state index contributed by atoms with van der Waals surface area (Å²) >= 11 is 0. The minimum Gasteiger partial charge on any atom is -0.356 e. The van der Waals surface area contributed by atoms with Crippen molar-refractivity contribution in [3.05, 3.63) is 94.5 Å². The van der Waals surface area contributed by atoms with E-state index in [2.05, 4.69) is 38.2 Å². The van der Waals surface area contributed by atoms with Crippen LogP contribution in [0.3, 0.4) is 0 Å². The number of carbonyl (C=O) groups is 2. The standard InChI is InChI=1S/C28H31N3O2/c1-20-17-21(2)26(22(3)18-20)19-27(32)30-13-15-31(16-14-30)28(33)23-9-11-25(12-10-23)29-24-7-5-4-6-8-24/h4-12,17-18,29H,13-16,19H2,1-3H3. The van der Waals surface area contributed by atoms with Gasteiger partial charge in [-0.05, 0) is 73.9 Å². The van der Waals surface area contributed by atoms with Gasteiger partial charge < -0.3 is 15.1 Å². The van der Waals surface area contributed by atoms with Gasteiger partial charge in [0.25, 0.3) is 5.91 Å². The first-order valence-corrected chi connectivity index (χ1v) is 11.5. The van der Waals surface area contributed by atoms with Gasteiger partial charge in [-0.1, -0.05) is 35.9 Å². The molecule has 0 atom stereocenters. The third-order valence-electron chi connectivity index (χ3n) is 6.28. The van der Waals surface area contributed by atoms with E-state index in [0.717, 1.165) is 16.9 Å². The van der Waals surface area contributed by atoms with E-state index in [-0.39, 0.29) is 11.8 Å². The van der Waals surface area contributed by atoms with Gasteiger partial charge in [-0.25, -0.2) is 0 Å². The molecule has 170 valence electrons. The number of rotatable bonds is 5. The number of aryl methyl sites for hydroxylation is 3. The number of carbonyl (C=O) groups excluding carboxylic acids is 2. The first-order valence-electron chi connectivity index (χ1n) is 11.5. The molecular weight excluding hydrogens is 410 g/mol. The lowest BCUT2D eigenvalue weighted by Gasteiger charge is -2.35. The van der Waals surface area contributed by atoms with Crippen molar-refractivity contribution in [3.63, 3.8) is 0 Å². The second-order valence-electron chi connectivity index (χ2n) is 8.80. The Hall–Kier alpha value is -3.60. The maximum atomic E-state index is 13.0. The molecule has 5 nitrogen and oxygen atoms in total. The van der Waals surface area contributed by atoms with Gasteiger partial charge in [0.05, 0.1) is 6.42 Å². The molecule has 1 aliphatic heterocycles. The highest BCUT2D eigenvalue weighted by atomic mass is 16.2. The van der Waals surface area contributed by atoms with Crippen LogP contribution in [0.4, 0.5) is 11.4 Å². The molecule has 0 aliphatic carbocycles. The summed E-state index contributed by atoms with van der Waals surface area (Å²) in [5, 5.41) is 3.33. The Morgan fingerprint density at radius 3 is 1.91 bits per heavy atom. The molecule has 2 amide bonds. The van der Waals surface area contributed by atoms with Gasteiger partial charge in [0.15, 0.2) is 0 Å². The second-order valence-corrected chi connectivity index (χ2v) is 8.80. The zero-order valence-electron chi connectivity index (χ0n) is 19.6. The topological polar surface area (TPSA) is 52.7 Å². The van der Waals surface area contributed by atoms with Crippen LogP contribution >= 0.6 is 0 Å². The van der Waals surface area contributed by atoms with Gasteiger partial charge in [0, 0.05) is 43.1 Å². The highest BCUT2D eigenvalue weighted by Crippen LogP contribution is 2.20. The number of hydrogen-bond donors (Lipinski definition) is 1. The van der Waals surface area contributed by atoms with E-state index in [1.54, 1.807) is 0 Å². The smallest absolute Gasteiger partial charge is 0.253 e. The fourth-order valence-corrected chi connectivity index (χ4v) is 4.48. The number of nitrogens with one attached hydrogen (secondary N) is 1. The Morgan fingerprint density at radius 2 is 1.30 bits per heavy atom. The Balaban J connectivity index is 1.32. The van der Waals surface area contributed by atoms with E-state index in [0.29, 0.717) is 38.2 Å². The molecule has 0 saturated carbocycles. The van der Waals surface area contributed by atoms with E-state index < -0.39 is 0 Å². The maximum absolute atomic E-state index is 13.0. The van der Waals surface area contributed by atoms with Crippen molar-refractivity contribution in [2.45, 2.75) is 27.2 Å². The number of anilines is 2. The Bertz CT molecular complexity index is 1110. The molecule has 0 unspecified atom stereocenters. The first kappa shape index (κ1) is 22.6. The molecule has 1 aliphatic rings. The lowest BCUT2D eigenvalue weighted by atomic mass is 9.97. The van der Waals surface area contributed by atoms with Crippen LogP contribution < -0.4 is 5.32 Å². The third-order valence-corrected chi connectivity index (χ3v) is 6.28. The summed E-state index contributed by atoms with van der Waals surface area (Å²) in [5.41, 5.74) is 7.28. The molecule has 1 heterocycles. The number of hydrogen-bond acceptors (Lipinski definition) is 3. The minimum atomic E-state index is 0.0126. The van der Waals surface area contributed by atoms with E-state index in [9.17, 15) is 9.59 Å². The van der Waals surface area contributed by atoms with Gasteiger partial charge >= 0.3 is 0 Å². The summed E-state index contributed by atoms with van der Waals surface area (Å²) in [6.07, 6.45) is 0.418. The molecule has 1 fully saturated rings. The number of nitrogens with zero attached hydrogens (tertiary/aromatic N) is 2. The largest absolute Gasteiger partial charge is 0.356 e. The Labute approximate surface area is 196 Å². The maximum Gasteiger partial charge on any atom is 0.253 e. The molecule has 3 aromatic rings. The van der Waals surface area contributed by atoms with Gasteiger partial charge in [0.2, 0.25) is 5.91 Å². The summed E-state index contributed by atoms with van der Waals surface area (Å²) in [6, 6.07) is 21.8. The monoisotopic (exact) mass is 441 g/mol. The van der Waals surface area contributed by atoms with Crippen LogP contribution in [-0.2, 0) is 11.2 Å². The van der Waals surface area contributed by atoms with Crippen LogP contribution in [0, 0.1) is 20.8 Å². The van der Waals surface area contributed by atoms with Gasteiger partial charge in [-0.15, -0.1) is 0 Å². The number of amides is 2. The zero-order chi connectivity index (χ0) is 23.4. The average molecular weight is 442 g/mol. The van der Waals surface area contributed by atoms with Crippen molar-refractivity contribution in [3.8, 4) is 0 Å². The van der Waals surface area contributed by atoms with Crippen LogP contribution in [0.25, 0.3) is 0 Å². The summed E-state index contributed by atoms with van der Waals surface area (Å²) in [6.45, 7) is 8.47. The lowest BCUT2D eigenvalue weighted by Crippen LogP contribution is -2.51. The summed E-state index contributed by atoms with van der Waals surface area (Å²) in [5.74, 6) is 0.145. The van der Waals surface area contributed by atoms with Crippen molar-refractivity contribution < 1.29 is 9.59 Å². The predicted octanol–water partition coefficient (Wildman–Crippen LogP) is 4.88. The SMILES string of the molecule is Cc1cc(C)c(CC(=O)N2CCN(C(=O)c3ccc(Nc4ccccc4)cc3)CC2)c(C)c1. The molecule has 0 bridgehead atoms. The third kappa shape index (κ3) is 5.43. The highest BCUT2D eigenvalue weighted by Gasteiger charge is 2.25. The van der Waals surface area contributed by atoms with Crippen LogP contribution in [0.2, 0.25) is 0 Å². The van der Waals surface area contributed by atoms with Crippen molar-refractivity contribution in [2.24, 2.45) is 0 Å². The molecule has 5 heteroatoms. The quantitative estimate of drug-likeness (QED) is 0.614. The minimum absolute atomic E-state index is 0.0126. The van der Waals surface area contributed by atoms with Gasteiger partial charge in [0.1, 0.15) is 0 Å². The molecule has 33 heavy (non-hydrogen) atoms. The molecule has 3 aromatic carbocycles. The highest BCUT2D eigenvalue weighted by molar-refractivity contribution is 5.95. The van der Waals surface area contributed by atoms with Gasteiger partial charge in [-0.2, -0.15) is 0 Å². The van der Waals surface area contributed by atoms with E-state index >= 15 is 0 Å². The molecule has 4 rings (SSSR count). The molecule has 0 radical (unpaired) electrons. The van der Waals surface area contributed by atoms with E-state index in [1.165, 1.54) is 16.7 Å². The molecule has 1 N–H and O–H groups in total. The predicted molar refractivity (Wildman–Crippen MR) is 133 cm³/mol. The van der Waals surface area contributed by atoms with Crippen LogP contribution in [0.15, 0.2) is 66.7 Å². The van der Waals surface area contributed by atoms with E-state index in [1.807, 2.05) is 64.4 Å². The van der Waals surface area contributed by atoms with Crippen molar-refractivity contribution in [1.29, 1.82) is 0 Å². The van der Waals surface area contributed by atoms with Crippen LogP contribution in [0.1, 0.15) is 32.6 Å². The number of piperazine rings is 1. The second kappa shape index (κ2) is 9.90. The molecule has 0 spiro atoms. The lowest BCUT2D eigenvalue weighted by molar-refractivity contribution is -0.131. The summed E-state index contributed by atoms with van der Waals surface area (Å²) in [7, 11) is 0. The normalized spacial score (nSPS) is 13.7. The van der Waals surface area contributed by atoms with Crippen LogP contribution in [0.5, 0.6) is 0 Å². The van der Waals surface area contributed by atoms with Crippen molar-refractivity contribution >= 4 is 23.2 Å². The fourth-order valence-electron chi connectivity index (χ4n) is 4.48. The first-order chi connectivity index (χ1) is 15.9. The summed E-state index contributed by atoms with van der Waals surface area (Å²) in [4.78, 5) is 29.6. The van der Waals surface area contributed by atoms with E-state index in [4.69, 9.17) is 0 Å². The average Bonchev–Trinajstić information content (AvgIpc) is 2.82. The van der Waals surface area contributed by atoms with Gasteiger partial charge in [-0.3, -0.25) is 9.59 Å². The fraction of sp³-hybridized carbons (Fsp3) is 0.286. The van der Waals surface area contributed by atoms with Crippen LogP contribution in [-0.4, -0.2) is 47.8 Å². The molecular formula is C28H31N3O2. The van der Waals surface area contributed by atoms with Crippen molar-refractivity contribution in [2.75, 3.05) is 31.5 Å². The van der Waals surface area contributed by atoms with Crippen molar-refractivity contribution in [1.82, 2.24) is 9.80 Å². The zero-order valence-corrected chi connectivity index (χ0v) is 19.6. The Morgan fingerprint density at radius 1 is 0.758 bits per heavy atom. The number of para-hydroxylation sites is 1. The number of benzene rings is 3. The Kier molecular flexibility index (Phi) is 6.78. The molecule has 0 aromatic heterocycles. The summed E-state index contributed by atoms with van der Waals surface area (Å²) < 4.78 is 0.